The summed E-state index contributed by atoms with van der Waals surface area (Å²) in [6.07, 6.45) is 2.56. The second-order valence-electron chi connectivity index (χ2n) is 7.71. The van der Waals surface area contributed by atoms with E-state index in [1.54, 1.807) is 30.5 Å². The van der Waals surface area contributed by atoms with E-state index in [1.807, 2.05) is 60.7 Å². The summed E-state index contributed by atoms with van der Waals surface area (Å²) in [6.45, 7) is 0.481. The fourth-order valence-corrected chi connectivity index (χ4v) is 4.00. The number of rotatable bonds is 8. The SMILES string of the molecule is O=C(C[C@H](NC(=O)c1ccccc1Cl)c1ccccc1)NCCc1cccc2cccnc12. The minimum Gasteiger partial charge on any atom is -0.356 e. The van der Waals surface area contributed by atoms with Gasteiger partial charge in [-0.1, -0.05) is 78.3 Å². The molecular weight excluding hydrogens is 434 g/mol. The molecule has 0 aliphatic rings. The van der Waals surface area contributed by atoms with Crippen LogP contribution in [0.3, 0.4) is 0 Å². The lowest BCUT2D eigenvalue weighted by atomic mass is 10.0. The molecule has 6 heteroatoms. The maximum Gasteiger partial charge on any atom is 0.253 e. The minimum atomic E-state index is -0.478. The van der Waals surface area contributed by atoms with Gasteiger partial charge in [0, 0.05) is 18.1 Å². The van der Waals surface area contributed by atoms with E-state index in [0.29, 0.717) is 23.6 Å². The van der Waals surface area contributed by atoms with E-state index in [-0.39, 0.29) is 18.2 Å². The average molecular weight is 458 g/mol. The molecule has 0 radical (unpaired) electrons. The van der Waals surface area contributed by atoms with Crippen molar-refractivity contribution in [3.63, 3.8) is 0 Å². The molecule has 2 amide bonds. The van der Waals surface area contributed by atoms with E-state index in [4.69, 9.17) is 11.6 Å². The first-order valence-electron chi connectivity index (χ1n) is 10.8. The zero-order chi connectivity index (χ0) is 23.0. The van der Waals surface area contributed by atoms with Crippen molar-refractivity contribution in [3.8, 4) is 0 Å². The van der Waals surface area contributed by atoms with Crippen LogP contribution in [0.5, 0.6) is 0 Å². The molecule has 166 valence electrons. The van der Waals surface area contributed by atoms with Gasteiger partial charge in [0.1, 0.15) is 0 Å². The van der Waals surface area contributed by atoms with Gasteiger partial charge in [-0.2, -0.15) is 0 Å². The van der Waals surface area contributed by atoms with Crippen LogP contribution in [0.4, 0.5) is 0 Å². The van der Waals surface area contributed by atoms with Crippen LogP contribution in [-0.2, 0) is 11.2 Å². The lowest BCUT2D eigenvalue weighted by Crippen LogP contribution is -2.34. The number of halogens is 1. The molecule has 0 fully saturated rings. The predicted molar refractivity (Wildman–Crippen MR) is 131 cm³/mol. The summed E-state index contributed by atoms with van der Waals surface area (Å²) in [7, 11) is 0. The van der Waals surface area contributed by atoms with Gasteiger partial charge in [0.25, 0.3) is 5.91 Å². The number of benzene rings is 3. The molecule has 0 bridgehead atoms. The molecule has 1 atom stereocenters. The summed E-state index contributed by atoms with van der Waals surface area (Å²) in [4.78, 5) is 30.0. The maximum absolute atomic E-state index is 12.8. The monoisotopic (exact) mass is 457 g/mol. The van der Waals surface area contributed by atoms with Gasteiger partial charge in [-0.05, 0) is 35.7 Å². The Hall–Kier alpha value is -3.70. The van der Waals surface area contributed by atoms with Crippen molar-refractivity contribution in [1.29, 1.82) is 0 Å². The predicted octanol–water partition coefficient (Wildman–Crippen LogP) is 5.11. The van der Waals surface area contributed by atoms with Crippen LogP contribution in [0, 0.1) is 0 Å². The number of hydrogen-bond acceptors (Lipinski definition) is 3. The van der Waals surface area contributed by atoms with Crippen molar-refractivity contribution in [2.45, 2.75) is 18.9 Å². The quantitative estimate of drug-likeness (QED) is 0.386. The lowest BCUT2D eigenvalue weighted by Gasteiger charge is -2.19. The van der Waals surface area contributed by atoms with Gasteiger partial charge in [0.15, 0.2) is 0 Å². The van der Waals surface area contributed by atoms with Gasteiger partial charge >= 0.3 is 0 Å². The van der Waals surface area contributed by atoms with Gasteiger partial charge < -0.3 is 10.6 Å². The van der Waals surface area contributed by atoms with Gasteiger partial charge in [-0.25, -0.2) is 0 Å². The lowest BCUT2D eigenvalue weighted by molar-refractivity contribution is -0.121. The third-order valence-electron chi connectivity index (χ3n) is 5.45. The van der Waals surface area contributed by atoms with Crippen molar-refractivity contribution in [3.05, 3.63) is 113 Å². The Bertz CT molecular complexity index is 1260. The number of nitrogens with one attached hydrogen (secondary N) is 2. The van der Waals surface area contributed by atoms with Crippen LogP contribution in [-0.4, -0.2) is 23.3 Å². The van der Waals surface area contributed by atoms with Crippen LogP contribution in [0.2, 0.25) is 5.02 Å². The van der Waals surface area contributed by atoms with Gasteiger partial charge in [-0.3, -0.25) is 14.6 Å². The molecule has 1 heterocycles. The Morgan fingerprint density at radius 2 is 1.64 bits per heavy atom. The maximum atomic E-state index is 12.8. The highest BCUT2D eigenvalue weighted by molar-refractivity contribution is 6.33. The first kappa shape index (κ1) is 22.5. The summed E-state index contributed by atoms with van der Waals surface area (Å²) in [5.41, 5.74) is 3.26. The van der Waals surface area contributed by atoms with E-state index in [0.717, 1.165) is 22.0 Å². The fourth-order valence-electron chi connectivity index (χ4n) is 3.78. The van der Waals surface area contributed by atoms with E-state index in [1.165, 1.54) is 0 Å². The number of carbonyl (C=O) groups is 2. The van der Waals surface area contributed by atoms with E-state index in [2.05, 4.69) is 15.6 Å². The van der Waals surface area contributed by atoms with Crippen LogP contribution in [0.1, 0.15) is 33.9 Å². The normalized spacial score (nSPS) is 11.7. The van der Waals surface area contributed by atoms with Crippen LogP contribution in [0.25, 0.3) is 10.9 Å². The Morgan fingerprint density at radius 1 is 0.879 bits per heavy atom. The summed E-state index contributed by atoms with van der Waals surface area (Å²) in [5.74, 6) is -0.458. The summed E-state index contributed by atoms with van der Waals surface area (Å²) < 4.78 is 0. The van der Waals surface area contributed by atoms with Crippen molar-refractivity contribution in [1.82, 2.24) is 15.6 Å². The number of fused-ring (bicyclic) bond motifs is 1. The van der Waals surface area contributed by atoms with Crippen molar-refractivity contribution >= 4 is 34.3 Å². The van der Waals surface area contributed by atoms with Crippen molar-refractivity contribution in [2.75, 3.05) is 6.54 Å². The molecule has 0 saturated carbocycles. The second kappa shape index (κ2) is 10.7. The number of nitrogens with zero attached hydrogens (tertiary/aromatic N) is 1. The fraction of sp³-hybridized carbons (Fsp3) is 0.148. The number of para-hydroxylation sites is 1. The smallest absolute Gasteiger partial charge is 0.253 e. The largest absolute Gasteiger partial charge is 0.356 e. The van der Waals surface area contributed by atoms with Crippen molar-refractivity contribution in [2.24, 2.45) is 0 Å². The van der Waals surface area contributed by atoms with Crippen LogP contribution < -0.4 is 10.6 Å². The highest BCUT2D eigenvalue weighted by atomic mass is 35.5. The Balaban J connectivity index is 1.41. The zero-order valence-corrected chi connectivity index (χ0v) is 18.8. The molecule has 4 rings (SSSR count). The van der Waals surface area contributed by atoms with Crippen molar-refractivity contribution < 1.29 is 9.59 Å². The van der Waals surface area contributed by atoms with E-state index < -0.39 is 6.04 Å². The molecule has 0 aliphatic heterocycles. The highest BCUT2D eigenvalue weighted by Gasteiger charge is 2.20. The molecule has 5 nitrogen and oxygen atoms in total. The highest BCUT2D eigenvalue weighted by Crippen LogP contribution is 2.20. The minimum absolute atomic E-state index is 0.119. The third-order valence-corrected chi connectivity index (χ3v) is 5.78. The number of hydrogen-bond donors (Lipinski definition) is 2. The molecule has 2 N–H and O–H groups in total. The van der Waals surface area contributed by atoms with Gasteiger partial charge in [0.05, 0.1) is 28.6 Å². The number of pyridine rings is 1. The Labute approximate surface area is 197 Å². The van der Waals surface area contributed by atoms with Crippen LogP contribution >= 0.6 is 11.6 Å². The molecule has 1 aromatic heterocycles. The number of aromatic nitrogens is 1. The van der Waals surface area contributed by atoms with Gasteiger partial charge in [0.2, 0.25) is 5.91 Å². The molecule has 33 heavy (non-hydrogen) atoms. The molecule has 0 spiro atoms. The molecule has 4 aromatic rings. The van der Waals surface area contributed by atoms with E-state index in [9.17, 15) is 9.59 Å². The topological polar surface area (TPSA) is 71.1 Å². The molecule has 0 aliphatic carbocycles. The Kier molecular flexibility index (Phi) is 7.33. The molecule has 0 saturated heterocycles. The van der Waals surface area contributed by atoms with Gasteiger partial charge in [-0.15, -0.1) is 0 Å². The first-order chi connectivity index (χ1) is 16.1. The summed E-state index contributed by atoms with van der Waals surface area (Å²) in [5, 5.41) is 7.38. The second-order valence-corrected chi connectivity index (χ2v) is 8.12. The van der Waals surface area contributed by atoms with Crippen LogP contribution in [0.15, 0.2) is 91.1 Å². The average Bonchev–Trinajstić information content (AvgIpc) is 2.84. The standard InChI is InChI=1S/C27H24ClN3O2/c28-23-14-5-4-13-22(23)27(33)31-24(19-8-2-1-3-9-19)18-25(32)29-17-15-21-11-6-10-20-12-7-16-30-26(20)21/h1-14,16,24H,15,17-18H2,(H,29,32)(H,31,33)/t24-/m0/s1. The summed E-state index contributed by atoms with van der Waals surface area (Å²) in [6, 6.07) is 25.8. The Morgan fingerprint density at radius 3 is 2.45 bits per heavy atom. The zero-order valence-electron chi connectivity index (χ0n) is 18.0. The molecule has 0 unspecified atom stereocenters. The summed E-state index contributed by atoms with van der Waals surface area (Å²) >= 11 is 6.18. The number of amides is 2. The number of carbonyl (C=O) groups excluding carboxylic acids is 2. The molecule has 3 aromatic carbocycles. The van der Waals surface area contributed by atoms with E-state index >= 15 is 0 Å². The third kappa shape index (κ3) is 5.76. The molecular formula is C27H24ClN3O2. The first-order valence-corrected chi connectivity index (χ1v) is 11.2.